The third kappa shape index (κ3) is 3.97. The summed E-state index contributed by atoms with van der Waals surface area (Å²) < 4.78 is 8.40. The van der Waals surface area contributed by atoms with Crippen LogP contribution in [0.1, 0.15) is 17.7 Å². The van der Waals surface area contributed by atoms with E-state index < -0.39 is 5.97 Å². The lowest BCUT2D eigenvalue weighted by molar-refractivity contribution is -0.145. The van der Waals surface area contributed by atoms with Crippen LogP contribution in [-0.4, -0.2) is 25.3 Å². The lowest BCUT2D eigenvalue weighted by Gasteiger charge is -2.08. The Morgan fingerprint density at radius 1 is 1.10 bits per heavy atom. The average Bonchev–Trinajstić information content (AvgIpc) is 3.06. The van der Waals surface area contributed by atoms with Crippen LogP contribution in [0.5, 0.6) is 0 Å². The lowest BCUT2D eigenvalue weighted by Crippen LogP contribution is -2.22. The van der Waals surface area contributed by atoms with Gasteiger partial charge in [-0.3, -0.25) is 14.2 Å². The minimum Gasteiger partial charge on any atom is -0.461 e. The molecule has 0 N–H and O–H groups in total. The smallest absolute Gasteiger partial charge is 0.307 e. The molecule has 0 aliphatic heterocycles. The first-order valence-corrected chi connectivity index (χ1v) is 9.81. The highest BCUT2D eigenvalue weighted by Gasteiger charge is 2.16. The van der Waals surface area contributed by atoms with E-state index >= 15 is 0 Å². The van der Waals surface area contributed by atoms with Crippen molar-refractivity contribution in [2.45, 2.75) is 26.5 Å². The highest BCUT2D eigenvalue weighted by molar-refractivity contribution is 6.30. The molecule has 7 nitrogen and oxygen atoms in total. The van der Waals surface area contributed by atoms with E-state index in [1.165, 1.54) is 10.9 Å². The summed E-state index contributed by atoms with van der Waals surface area (Å²) in [6, 6.07) is 16.6. The molecule has 4 rings (SSSR count). The summed E-state index contributed by atoms with van der Waals surface area (Å²) in [6.45, 7) is 2.02. The summed E-state index contributed by atoms with van der Waals surface area (Å²) >= 11 is 6.45. The first-order valence-electron chi connectivity index (χ1n) is 9.44. The fourth-order valence-electron chi connectivity index (χ4n) is 3.14. The van der Waals surface area contributed by atoms with Crippen LogP contribution in [0.3, 0.4) is 0 Å². The monoisotopic (exact) mass is 422 g/mol. The van der Waals surface area contributed by atoms with Crippen LogP contribution in [0.4, 0.5) is 0 Å². The van der Waals surface area contributed by atoms with Gasteiger partial charge in [0.1, 0.15) is 11.8 Å². The summed E-state index contributed by atoms with van der Waals surface area (Å²) in [4.78, 5) is 29.0. The van der Waals surface area contributed by atoms with Gasteiger partial charge in [0.2, 0.25) is 0 Å². The minimum absolute atomic E-state index is 0.0151. The Balaban J connectivity index is 1.41. The maximum Gasteiger partial charge on any atom is 0.307 e. The van der Waals surface area contributed by atoms with Crippen LogP contribution in [-0.2, 0) is 22.7 Å². The number of hydrogen-bond donors (Lipinski definition) is 0. The molecule has 0 aliphatic carbocycles. The minimum atomic E-state index is -0.432. The molecule has 0 saturated heterocycles. The molecule has 0 fully saturated rings. The molecule has 2 heterocycles. The van der Waals surface area contributed by atoms with E-state index in [1.807, 2.05) is 43.3 Å². The van der Waals surface area contributed by atoms with Crippen LogP contribution in [0.2, 0.25) is 5.15 Å². The zero-order valence-corrected chi connectivity index (χ0v) is 17.0. The molecule has 2 aromatic carbocycles. The Morgan fingerprint density at radius 2 is 1.83 bits per heavy atom. The van der Waals surface area contributed by atoms with E-state index in [4.69, 9.17) is 16.3 Å². The second-order valence-corrected chi connectivity index (χ2v) is 7.13. The van der Waals surface area contributed by atoms with Crippen molar-refractivity contribution in [3.63, 3.8) is 0 Å². The molecule has 8 heteroatoms. The van der Waals surface area contributed by atoms with Gasteiger partial charge >= 0.3 is 5.97 Å². The molecule has 0 spiro atoms. The first-order chi connectivity index (χ1) is 14.5. The second kappa shape index (κ2) is 8.51. The zero-order valence-electron chi connectivity index (χ0n) is 16.3. The van der Waals surface area contributed by atoms with Gasteiger partial charge in [-0.15, -0.1) is 0 Å². The molecule has 4 aromatic rings. The number of fused-ring (bicyclic) bond motifs is 1. The van der Waals surface area contributed by atoms with Gasteiger partial charge in [0.05, 0.1) is 35.0 Å². The van der Waals surface area contributed by atoms with E-state index in [-0.39, 0.29) is 25.1 Å². The fraction of sp³-hybridized carbons (Fsp3) is 0.182. The molecule has 0 atom stereocenters. The fourth-order valence-corrected chi connectivity index (χ4v) is 3.46. The van der Waals surface area contributed by atoms with Crippen LogP contribution < -0.4 is 5.56 Å². The van der Waals surface area contributed by atoms with Gasteiger partial charge in [0.15, 0.2) is 0 Å². The van der Waals surface area contributed by atoms with E-state index in [2.05, 4.69) is 10.1 Å². The van der Waals surface area contributed by atoms with Gasteiger partial charge in [-0.2, -0.15) is 5.10 Å². The number of rotatable bonds is 6. The van der Waals surface area contributed by atoms with Crippen LogP contribution >= 0.6 is 11.6 Å². The molecular weight excluding hydrogens is 404 g/mol. The number of benzene rings is 2. The number of para-hydroxylation sites is 2. The largest absolute Gasteiger partial charge is 0.461 e. The molecule has 0 saturated carbocycles. The molecule has 0 aliphatic rings. The highest BCUT2D eigenvalue weighted by atomic mass is 35.5. The van der Waals surface area contributed by atoms with Crippen LogP contribution in [0, 0.1) is 6.92 Å². The van der Waals surface area contributed by atoms with E-state index in [1.54, 1.807) is 22.9 Å². The molecule has 0 unspecified atom stereocenters. The molecular formula is C22H19ClN4O3. The van der Waals surface area contributed by atoms with Gasteiger partial charge in [-0.25, -0.2) is 9.67 Å². The van der Waals surface area contributed by atoms with Gasteiger partial charge in [-0.1, -0.05) is 41.9 Å². The molecule has 30 heavy (non-hydrogen) atoms. The maximum atomic E-state index is 12.5. The van der Waals surface area contributed by atoms with Crippen molar-refractivity contribution in [3.8, 4) is 5.69 Å². The molecule has 0 amide bonds. The number of aromatic nitrogens is 4. The van der Waals surface area contributed by atoms with Crippen molar-refractivity contribution in [3.05, 3.63) is 87.7 Å². The molecule has 0 bridgehead atoms. The van der Waals surface area contributed by atoms with Crippen molar-refractivity contribution in [2.24, 2.45) is 0 Å². The number of carbonyl (C=O) groups is 1. The zero-order chi connectivity index (χ0) is 21.1. The van der Waals surface area contributed by atoms with Crippen molar-refractivity contribution in [1.82, 2.24) is 19.3 Å². The lowest BCUT2D eigenvalue weighted by atomic mass is 10.2. The van der Waals surface area contributed by atoms with Gasteiger partial charge in [0, 0.05) is 12.1 Å². The number of aryl methyl sites for hydroxylation is 2. The average molecular weight is 423 g/mol. The Bertz CT molecular complexity index is 1260. The highest BCUT2D eigenvalue weighted by Crippen LogP contribution is 2.24. The summed E-state index contributed by atoms with van der Waals surface area (Å²) in [5.41, 5.74) is 2.61. The van der Waals surface area contributed by atoms with Crippen LogP contribution in [0.15, 0.2) is 65.7 Å². The van der Waals surface area contributed by atoms with Crippen molar-refractivity contribution < 1.29 is 9.53 Å². The summed E-state index contributed by atoms with van der Waals surface area (Å²) in [6.07, 6.45) is 1.49. The predicted molar refractivity (Wildman–Crippen MR) is 114 cm³/mol. The van der Waals surface area contributed by atoms with Gasteiger partial charge in [0.25, 0.3) is 5.56 Å². The molecule has 0 radical (unpaired) electrons. The first kappa shape index (κ1) is 19.8. The van der Waals surface area contributed by atoms with Crippen molar-refractivity contribution >= 4 is 28.5 Å². The molecule has 2 aromatic heterocycles. The number of esters is 1. The third-order valence-corrected chi connectivity index (χ3v) is 5.18. The Morgan fingerprint density at radius 3 is 2.63 bits per heavy atom. The number of nitrogens with zero attached hydrogens (tertiary/aromatic N) is 4. The van der Waals surface area contributed by atoms with Crippen molar-refractivity contribution in [1.29, 1.82) is 0 Å². The van der Waals surface area contributed by atoms with Crippen LogP contribution in [0.25, 0.3) is 16.6 Å². The topological polar surface area (TPSA) is 79.0 Å². The number of carbonyl (C=O) groups excluding carboxylic acids is 1. The van der Waals surface area contributed by atoms with E-state index in [9.17, 15) is 9.59 Å². The number of ether oxygens (including phenoxy) is 1. The SMILES string of the molecule is Cc1nn(-c2ccccc2)c(Cl)c1COC(=O)CCn1cnc2ccccc2c1=O. The summed E-state index contributed by atoms with van der Waals surface area (Å²) in [5, 5.41) is 5.35. The molecule has 152 valence electrons. The third-order valence-electron chi connectivity index (χ3n) is 4.79. The Labute approximate surface area is 177 Å². The van der Waals surface area contributed by atoms with E-state index in [0.29, 0.717) is 27.3 Å². The second-order valence-electron chi connectivity index (χ2n) is 6.77. The number of halogens is 1. The maximum absolute atomic E-state index is 12.5. The Kier molecular flexibility index (Phi) is 5.63. The Hall–Kier alpha value is -3.45. The summed E-state index contributed by atoms with van der Waals surface area (Å²) in [7, 11) is 0. The predicted octanol–water partition coefficient (Wildman–Crippen LogP) is 3.68. The normalized spacial score (nSPS) is 11.0. The number of hydrogen-bond acceptors (Lipinski definition) is 5. The summed E-state index contributed by atoms with van der Waals surface area (Å²) in [5.74, 6) is -0.432. The standard InChI is InChI=1S/C22H19ClN4O3/c1-15-18(21(23)27(25-15)16-7-3-2-4-8-16)13-30-20(28)11-12-26-14-24-19-10-6-5-9-17(19)22(26)29/h2-10,14H,11-13H2,1H3. The quantitative estimate of drug-likeness (QED) is 0.443. The van der Waals surface area contributed by atoms with Gasteiger partial charge < -0.3 is 4.74 Å². The van der Waals surface area contributed by atoms with Crippen molar-refractivity contribution in [2.75, 3.05) is 0 Å². The van der Waals surface area contributed by atoms with E-state index in [0.717, 1.165) is 5.69 Å². The van der Waals surface area contributed by atoms with Gasteiger partial charge in [-0.05, 0) is 31.2 Å².